The van der Waals surface area contributed by atoms with Crippen molar-refractivity contribution in [2.24, 2.45) is 28.7 Å². The van der Waals surface area contributed by atoms with E-state index in [0.29, 0.717) is 31.5 Å². The highest BCUT2D eigenvalue weighted by molar-refractivity contribution is 6.39. The zero-order valence-electron chi connectivity index (χ0n) is 33.0. The zero-order chi connectivity index (χ0) is 39.3. The van der Waals surface area contributed by atoms with Gasteiger partial charge in [-0.15, -0.1) is 0 Å². The first-order chi connectivity index (χ1) is 24.5. The molecule has 292 valence electrons. The number of carbonyl (C=O) groups is 5. The zero-order valence-corrected chi connectivity index (χ0v) is 33.0. The average molecular weight is 730 g/mol. The normalized spacial score (nSPS) is 19.0. The number of likely N-dealkylation sites (N-methyl/N-ethyl adjacent to an activating group) is 1. The van der Waals surface area contributed by atoms with E-state index in [9.17, 15) is 29.1 Å². The van der Waals surface area contributed by atoms with Crippen LogP contribution in [0.5, 0.6) is 0 Å². The van der Waals surface area contributed by atoms with Crippen LogP contribution < -0.4 is 10.6 Å². The molecule has 1 aromatic rings. The van der Waals surface area contributed by atoms with Crippen molar-refractivity contribution >= 4 is 35.3 Å². The SMILES string of the molecule is CC[C@H](C)[C@@H]([C@@H](CC(=O)N1CCC[C@H]1[C@H](OC)[C@@H](C)C(=O)NC(Cc1ccccc1)C(=O)O)OC)N(C)C(=O)C(NC(=O)C(=NC)C(C)C)C(C)C. The molecule has 2 unspecified atom stereocenters. The van der Waals surface area contributed by atoms with Gasteiger partial charge in [0.1, 0.15) is 17.8 Å². The summed E-state index contributed by atoms with van der Waals surface area (Å²) in [5, 5.41) is 15.4. The summed E-state index contributed by atoms with van der Waals surface area (Å²) >= 11 is 0. The number of likely N-dealkylation sites (tertiary alicyclic amines) is 1. The first-order valence-corrected chi connectivity index (χ1v) is 18.5. The quantitative estimate of drug-likeness (QED) is 0.171. The first-order valence-electron chi connectivity index (χ1n) is 18.5. The molecule has 13 nitrogen and oxygen atoms in total. The van der Waals surface area contributed by atoms with Crippen LogP contribution in [-0.2, 0) is 39.9 Å². The Kier molecular flexibility index (Phi) is 17.9. The molecule has 1 aliphatic heterocycles. The van der Waals surface area contributed by atoms with Gasteiger partial charge in [-0.3, -0.25) is 24.2 Å². The second kappa shape index (κ2) is 21.0. The predicted molar refractivity (Wildman–Crippen MR) is 201 cm³/mol. The fraction of sp³-hybridized carbons (Fsp3) is 0.692. The third kappa shape index (κ3) is 11.6. The predicted octanol–water partition coefficient (Wildman–Crippen LogP) is 3.59. The summed E-state index contributed by atoms with van der Waals surface area (Å²) in [6.07, 6.45) is 0.773. The van der Waals surface area contributed by atoms with E-state index in [1.807, 2.05) is 71.9 Å². The van der Waals surface area contributed by atoms with Crippen molar-refractivity contribution in [1.29, 1.82) is 0 Å². The number of hydrogen-bond acceptors (Lipinski definition) is 8. The van der Waals surface area contributed by atoms with E-state index in [0.717, 1.165) is 5.56 Å². The van der Waals surface area contributed by atoms with Crippen LogP contribution in [-0.4, -0.2) is 121 Å². The minimum absolute atomic E-state index is 0.0203. The van der Waals surface area contributed by atoms with Gasteiger partial charge in [0.05, 0.1) is 36.6 Å². The summed E-state index contributed by atoms with van der Waals surface area (Å²) in [5.74, 6) is -3.63. The molecule has 0 aromatic heterocycles. The molecule has 0 aliphatic carbocycles. The number of amides is 4. The Morgan fingerprint density at radius 3 is 2.13 bits per heavy atom. The van der Waals surface area contributed by atoms with Gasteiger partial charge in [0.25, 0.3) is 5.91 Å². The molecule has 52 heavy (non-hydrogen) atoms. The highest BCUT2D eigenvalue weighted by atomic mass is 16.5. The molecule has 0 saturated carbocycles. The van der Waals surface area contributed by atoms with E-state index in [2.05, 4.69) is 15.6 Å². The number of aliphatic carboxylic acids is 1. The number of hydrogen-bond donors (Lipinski definition) is 3. The fourth-order valence-electron chi connectivity index (χ4n) is 7.23. The largest absolute Gasteiger partial charge is 0.480 e. The number of carbonyl (C=O) groups excluding carboxylic acids is 4. The van der Waals surface area contributed by atoms with Crippen LogP contribution in [0.15, 0.2) is 35.3 Å². The van der Waals surface area contributed by atoms with Crippen molar-refractivity contribution in [3.8, 4) is 0 Å². The molecule has 8 atom stereocenters. The topological polar surface area (TPSA) is 167 Å². The molecule has 1 fully saturated rings. The third-order valence-corrected chi connectivity index (χ3v) is 10.4. The Bertz CT molecular complexity index is 1370. The average Bonchev–Trinajstić information content (AvgIpc) is 3.59. The van der Waals surface area contributed by atoms with Gasteiger partial charge in [-0.25, -0.2) is 4.79 Å². The Balaban J connectivity index is 2.27. The van der Waals surface area contributed by atoms with E-state index in [1.165, 1.54) is 14.2 Å². The number of aliphatic imine (C=N–C) groups is 1. The van der Waals surface area contributed by atoms with Crippen molar-refractivity contribution < 1.29 is 38.6 Å². The van der Waals surface area contributed by atoms with Gasteiger partial charge in [-0.05, 0) is 30.2 Å². The molecule has 0 spiro atoms. The highest BCUT2D eigenvalue weighted by Crippen LogP contribution is 2.29. The van der Waals surface area contributed by atoms with Gasteiger partial charge < -0.3 is 35.0 Å². The summed E-state index contributed by atoms with van der Waals surface area (Å²) < 4.78 is 11.8. The van der Waals surface area contributed by atoms with Crippen LogP contribution in [0.3, 0.4) is 0 Å². The van der Waals surface area contributed by atoms with Crippen LogP contribution >= 0.6 is 0 Å². The third-order valence-electron chi connectivity index (χ3n) is 10.4. The minimum Gasteiger partial charge on any atom is -0.480 e. The summed E-state index contributed by atoms with van der Waals surface area (Å²) in [6, 6.07) is 6.22. The first kappa shape index (κ1) is 44.3. The maximum atomic E-state index is 14.1. The molecule has 1 heterocycles. The molecule has 3 N–H and O–H groups in total. The fourth-order valence-corrected chi connectivity index (χ4v) is 7.23. The standard InChI is InChI=1S/C39H63N5O8/c1-12-25(6)34(43(9)38(48)33(24(4)5)42-37(47)32(40-8)23(2)3)30(51-10)22-31(45)44-20-16-19-29(44)35(52-11)26(7)36(46)41-28(39(49)50)21-27-17-14-13-15-18-27/h13-15,17-18,23-26,28-30,33-35H,12,16,19-22H2,1-11H3,(H,41,46)(H,42,47)(H,49,50)/t25-,26+,28?,29-,30+,33?,34-,35+/m0/s1. The maximum absolute atomic E-state index is 14.1. The van der Waals surface area contributed by atoms with Gasteiger partial charge in [0.15, 0.2) is 0 Å². The minimum atomic E-state index is -1.14. The summed E-state index contributed by atoms with van der Waals surface area (Å²) in [6.45, 7) is 13.7. The molecule has 4 amide bonds. The lowest BCUT2D eigenvalue weighted by Crippen LogP contribution is -2.58. The van der Waals surface area contributed by atoms with Crippen molar-refractivity contribution in [2.45, 2.75) is 117 Å². The summed E-state index contributed by atoms with van der Waals surface area (Å²) in [7, 11) is 6.27. The van der Waals surface area contributed by atoms with E-state index in [1.54, 1.807) is 30.8 Å². The number of carboxylic acid groups (broad SMARTS) is 1. The molecule has 13 heteroatoms. The molecule has 1 saturated heterocycles. The Morgan fingerprint density at radius 2 is 1.63 bits per heavy atom. The van der Waals surface area contributed by atoms with Gasteiger partial charge in [0.2, 0.25) is 17.7 Å². The Hall–Kier alpha value is -3.84. The highest BCUT2D eigenvalue weighted by Gasteiger charge is 2.43. The molecule has 0 bridgehead atoms. The van der Waals surface area contributed by atoms with Crippen molar-refractivity contribution in [3.05, 3.63) is 35.9 Å². The number of ether oxygens (including phenoxy) is 2. The Labute approximate surface area is 310 Å². The van der Waals surface area contributed by atoms with Gasteiger partial charge in [-0.2, -0.15) is 0 Å². The summed E-state index contributed by atoms with van der Waals surface area (Å²) in [4.78, 5) is 74.3. The van der Waals surface area contributed by atoms with Crippen molar-refractivity contribution in [2.75, 3.05) is 34.9 Å². The lowest BCUT2D eigenvalue weighted by Gasteiger charge is -2.40. The van der Waals surface area contributed by atoms with E-state index in [-0.39, 0.29) is 48.3 Å². The monoisotopic (exact) mass is 729 g/mol. The van der Waals surface area contributed by atoms with E-state index >= 15 is 0 Å². The van der Waals surface area contributed by atoms with Crippen molar-refractivity contribution in [1.82, 2.24) is 20.4 Å². The number of methoxy groups -OCH3 is 2. The van der Waals surface area contributed by atoms with Crippen LogP contribution in [0.4, 0.5) is 0 Å². The molecule has 0 radical (unpaired) electrons. The van der Waals surface area contributed by atoms with Crippen LogP contribution in [0.25, 0.3) is 0 Å². The second-order valence-corrected chi connectivity index (χ2v) is 14.6. The maximum Gasteiger partial charge on any atom is 0.326 e. The van der Waals surface area contributed by atoms with Gasteiger partial charge >= 0.3 is 5.97 Å². The smallest absolute Gasteiger partial charge is 0.326 e. The lowest BCUT2D eigenvalue weighted by atomic mass is 9.89. The van der Waals surface area contributed by atoms with Crippen LogP contribution in [0.1, 0.15) is 79.7 Å². The molecule has 1 aromatic carbocycles. The van der Waals surface area contributed by atoms with Gasteiger partial charge in [-0.1, -0.05) is 85.2 Å². The molecule has 1 aliphatic rings. The Morgan fingerprint density at radius 1 is 1.00 bits per heavy atom. The molecule has 2 rings (SSSR count). The van der Waals surface area contributed by atoms with Crippen molar-refractivity contribution in [3.63, 3.8) is 0 Å². The van der Waals surface area contributed by atoms with E-state index < -0.39 is 54.2 Å². The number of benzene rings is 1. The number of carboxylic acids is 1. The molecular formula is C39H63N5O8. The second-order valence-electron chi connectivity index (χ2n) is 14.6. The van der Waals surface area contributed by atoms with Crippen LogP contribution in [0, 0.1) is 23.7 Å². The summed E-state index contributed by atoms with van der Waals surface area (Å²) in [5.41, 5.74) is 1.14. The lowest BCUT2D eigenvalue weighted by molar-refractivity contribution is -0.148. The van der Waals surface area contributed by atoms with E-state index in [4.69, 9.17) is 9.47 Å². The number of rotatable bonds is 20. The number of nitrogens with zero attached hydrogens (tertiary/aromatic N) is 3. The molecular weight excluding hydrogens is 666 g/mol. The van der Waals surface area contributed by atoms with Crippen LogP contribution in [0.2, 0.25) is 0 Å². The number of nitrogens with one attached hydrogen (secondary N) is 2. The van der Waals surface area contributed by atoms with Gasteiger partial charge in [0, 0.05) is 47.2 Å².